The normalized spacial score (nSPS) is 9.14. The van der Waals surface area contributed by atoms with Crippen LogP contribution in [0.25, 0.3) is 87.0 Å². The zero-order valence-corrected chi connectivity index (χ0v) is 31.0. The van der Waals surface area contributed by atoms with Crippen LogP contribution in [0.2, 0.25) is 19.6 Å². The van der Waals surface area contributed by atoms with Crippen LogP contribution in [0.5, 0.6) is 17.4 Å². The highest BCUT2D eigenvalue weighted by molar-refractivity contribution is 6.83. The fraction of sp³-hybridized carbons (Fsp3) is 0.344. The third-order valence-corrected chi connectivity index (χ3v) is 10.7. The van der Waals surface area contributed by atoms with Crippen LogP contribution in [-0.4, -0.2) is 23.4 Å². The number of phenols is 2. The predicted octanol–water partition coefficient (Wildman–Crippen LogP) is 18.7. The van der Waals surface area contributed by atoms with Crippen molar-refractivity contribution >= 4 is 95.0 Å². The van der Waals surface area contributed by atoms with Crippen LogP contribution >= 0.6 is 0 Å². The average molecular weight is 1030 g/mol. The summed E-state index contributed by atoms with van der Waals surface area (Å²) in [6.07, 6.45) is 5.41. The molecule has 73 heavy (non-hydrogen) atoms. The third-order valence-electron chi connectivity index (χ3n) is 9.80. The summed E-state index contributed by atoms with van der Waals surface area (Å²) >= 11 is 0. The van der Waals surface area contributed by atoms with Crippen LogP contribution in [0.3, 0.4) is 0 Å². The summed E-state index contributed by atoms with van der Waals surface area (Å²) in [5.74, 6) is 4.50. The molecule has 4 aromatic heterocycles. The first-order valence-corrected chi connectivity index (χ1v) is 20.7. The number of aryl methyl sites for hydroxylation is 1. The minimum Gasteiger partial charge on any atom is -0.506 e. The molecular weight excluding hydrogens is 937 g/mol. The van der Waals surface area contributed by atoms with Gasteiger partial charge < -0.3 is 33.0 Å². The maximum absolute atomic E-state index is 12.9. The predicted molar refractivity (Wildman–Crippen MR) is 332 cm³/mol. The molecule has 0 unspecified atom stereocenters. The second kappa shape index (κ2) is 29.7. The van der Waals surface area contributed by atoms with E-state index in [0.717, 1.165) is 5.56 Å². The van der Waals surface area contributed by atoms with Gasteiger partial charge in [-0.25, -0.2) is 14.4 Å². The van der Waals surface area contributed by atoms with E-state index in [1.54, 1.807) is 24.3 Å². The Morgan fingerprint density at radius 3 is 1.36 bits per heavy atom. The van der Waals surface area contributed by atoms with E-state index in [-0.39, 0.29) is 198 Å². The van der Waals surface area contributed by atoms with E-state index >= 15 is 0 Å². The zero-order chi connectivity index (χ0) is 39.5. The van der Waals surface area contributed by atoms with Crippen molar-refractivity contribution in [2.24, 2.45) is 0 Å². The highest BCUT2D eigenvalue weighted by atomic mass is 28.3. The fourth-order valence-electron chi connectivity index (χ4n) is 7.44. The lowest BCUT2D eigenvalue weighted by Gasteiger charge is -2.13. The molecule has 0 radical (unpaired) electrons. The highest BCUT2D eigenvalue weighted by Gasteiger charge is 2.26. The summed E-state index contributed by atoms with van der Waals surface area (Å²) in [5, 5.41) is 35.0. The zero-order valence-electron chi connectivity index (χ0n) is 30.0. The highest BCUT2D eigenvalue weighted by Crippen LogP contribution is 2.45. The Kier molecular flexibility index (Phi) is 34.7. The third kappa shape index (κ3) is 12.7. The quantitative estimate of drug-likeness (QED) is 0.0432. The second-order valence-electron chi connectivity index (χ2n) is 14.5. The van der Waals surface area contributed by atoms with Gasteiger partial charge in [0.15, 0.2) is 11.0 Å². The van der Waals surface area contributed by atoms with E-state index in [1.165, 1.54) is 30.3 Å². The Hall–Kier alpha value is -7.54. The molecule has 408 valence electrons. The van der Waals surface area contributed by atoms with E-state index in [9.17, 15) is 34.5 Å². The number of fused-ring (bicyclic) bond motifs is 4. The Morgan fingerprint density at radius 1 is 0.452 bits per heavy atom. The first kappa shape index (κ1) is 85.3. The molecule has 11 nitrogen and oxygen atoms in total. The number of phenolic OH excluding ortho intramolecular Hbond substituents is 2. The molecule has 0 atom stereocenters. The number of hydrogen-bond donors (Lipinski definition) is 3. The van der Waals surface area contributed by atoms with Gasteiger partial charge in [-0.1, -0.05) is 188 Å². The van der Waals surface area contributed by atoms with Crippen molar-refractivity contribution in [1.29, 1.82) is 0 Å². The van der Waals surface area contributed by atoms with E-state index < -0.39 is 36.3 Å². The van der Waals surface area contributed by atoms with E-state index in [1.807, 2.05) is 13.0 Å². The minimum atomic E-state index is -1.64. The summed E-state index contributed by atoms with van der Waals surface area (Å²) in [4.78, 5) is 50.7. The number of terminal acetylenes is 1. The van der Waals surface area contributed by atoms with Crippen molar-refractivity contribution in [3.05, 3.63) is 119 Å². The molecule has 0 aliphatic rings. The maximum atomic E-state index is 12.9. The number of benzene rings is 6. The molecule has 4 heterocycles. The maximum Gasteiger partial charge on any atom is 0.348 e. The molecule has 0 amide bonds. The van der Waals surface area contributed by atoms with Gasteiger partial charge in [0.25, 0.3) is 5.95 Å². The first-order valence-electron chi connectivity index (χ1n) is 17.2. The minimum absolute atomic E-state index is 0. The van der Waals surface area contributed by atoms with Crippen LogP contribution in [0.1, 0.15) is 143 Å². The van der Waals surface area contributed by atoms with Crippen molar-refractivity contribution in [1.82, 2.24) is 0 Å². The van der Waals surface area contributed by atoms with Gasteiger partial charge in [-0.2, -0.15) is 0 Å². The molecule has 0 aliphatic heterocycles. The van der Waals surface area contributed by atoms with Gasteiger partial charge in [-0.3, -0.25) is 4.79 Å². The van der Waals surface area contributed by atoms with Crippen molar-refractivity contribution in [3.63, 3.8) is 0 Å². The van der Waals surface area contributed by atoms with Gasteiger partial charge in [-0.05, 0) is 42.8 Å². The molecule has 0 saturated heterocycles. The number of hydrogen-bond acceptors (Lipinski definition) is 11. The number of rotatable bonds is 0. The van der Waals surface area contributed by atoms with Crippen molar-refractivity contribution < 1.29 is 33.0 Å². The molecular formula is C61H94O11Si. The lowest BCUT2D eigenvalue weighted by atomic mass is 9.95. The van der Waals surface area contributed by atoms with Gasteiger partial charge >= 0.3 is 16.9 Å². The topological polar surface area (TPSA) is 182 Å². The standard InChI is InChI=1S/C24H18O5Si.C20H8O6.17CH4/c1-12-6-5-7-14-17(12)22-19-18-15(23(26)29-22)10-13(8-9-30(2,3)4)11-16(18)28-24(27)20(19)21(14)25;1-2-8-6-10-14-12(7-8)25-20(24)16-15(14)18(26-19(10)23)13-9(17(16)22)4-3-5-11(13)21;;;;;;;;;;;;;;;;;/h5-7,10-11,25H,1-4H3;1,3-7,22-23H;17*1H4. The largest absolute Gasteiger partial charge is 0.506 e. The van der Waals surface area contributed by atoms with Crippen molar-refractivity contribution in [2.75, 3.05) is 0 Å². The summed E-state index contributed by atoms with van der Waals surface area (Å²) < 4.78 is 22.1. The molecule has 6 aromatic carbocycles. The molecule has 10 aromatic rings. The van der Waals surface area contributed by atoms with Crippen molar-refractivity contribution in [3.8, 4) is 41.3 Å². The lowest BCUT2D eigenvalue weighted by Crippen LogP contribution is -2.16. The number of aromatic hydroxyl groups is 3. The van der Waals surface area contributed by atoms with Crippen LogP contribution < -0.4 is 22.3 Å². The Bertz CT molecular complexity index is 3730. The molecule has 3 N–H and O–H groups in total. The van der Waals surface area contributed by atoms with E-state index in [2.05, 4.69) is 37.0 Å². The monoisotopic (exact) mass is 1030 g/mol. The molecule has 12 heteroatoms. The van der Waals surface area contributed by atoms with Gasteiger partial charge in [0.2, 0.25) is 0 Å². The molecule has 0 bridgehead atoms. The molecule has 0 spiro atoms. The van der Waals surface area contributed by atoms with Gasteiger partial charge in [0, 0.05) is 48.8 Å². The summed E-state index contributed by atoms with van der Waals surface area (Å²) in [6.45, 7) is 8.23. The Labute approximate surface area is 439 Å². The summed E-state index contributed by atoms with van der Waals surface area (Å²) in [5.41, 5.74) is 3.31. The Balaban J connectivity index is -0.000000131. The smallest absolute Gasteiger partial charge is 0.348 e. The van der Waals surface area contributed by atoms with E-state index in [4.69, 9.17) is 24.1 Å². The molecule has 10 rings (SSSR count). The SMILES string of the molecule is C.C.C.C.C.C.C.C.C.C.C.C.C.C.C.C.C.C#Cc1cc2oc(=O)c3c(O)c4cccc(=O)c4c4oc(O)c(c1)c2c34.Cc1cccc2c(O)c3c(=O)oc4cc(C#C[Si](C)(C)C)cc5c(=O)oc(c12)c3c45. The van der Waals surface area contributed by atoms with Crippen LogP contribution in [0.4, 0.5) is 0 Å². The summed E-state index contributed by atoms with van der Waals surface area (Å²) in [7, 11) is -1.64. The van der Waals surface area contributed by atoms with Gasteiger partial charge in [0.1, 0.15) is 47.1 Å². The first-order chi connectivity index (χ1) is 26.7. The Morgan fingerprint density at radius 2 is 0.877 bits per heavy atom. The van der Waals surface area contributed by atoms with Gasteiger partial charge in [-0.15, -0.1) is 12.0 Å². The van der Waals surface area contributed by atoms with E-state index in [0.29, 0.717) is 38.1 Å². The van der Waals surface area contributed by atoms with Crippen LogP contribution in [-0.2, 0) is 0 Å². The second-order valence-corrected chi connectivity index (χ2v) is 19.3. The fourth-order valence-corrected chi connectivity index (χ4v) is 7.96. The molecule has 0 saturated carbocycles. The van der Waals surface area contributed by atoms with Crippen LogP contribution in [0, 0.1) is 30.7 Å². The molecule has 0 fully saturated rings. The lowest BCUT2D eigenvalue weighted by molar-refractivity contribution is 0.348. The van der Waals surface area contributed by atoms with Crippen LogP contribution in [0.15, 0.2) is 97.5 Å². The molecule has 0 aliphatic carbocycles. The van der Waals surface area contributed by atoms with Gasteiger partial charge in [0.05, 0.1) is 16.2 Å². The van der Waals surface area contributed by atoms with Crippen molar-refractivity contribution in [2.45, 2.75) is 153 Å². The average Bonchev–Trinajstić information content (AvgIpc) is 3.15. The summed E-state index contributed by atoms with van der Waals surface area (Å²) in [6, 6.07) is 15.9.